The Bertz CT molecular complexity index is 1130. The number of aromatic nitrogens is 4. The van der Waals surface area contributed by atoms with Gasteiger partial charge in [0.25, 0.3) is 0 Å². The number of nitrogens with zero attached hydrogens (tertiary/aromatic N) is 4. The van der Waals surface area contributed by atoms with Crippen molar-refractivity contribution in [3.63, 3.8) is 0 Å². The van der Waals surface area contributed by atoms with Crippen molar-refractivity contribution in [2.75, 3.05) is 7.11 Å². The lowest BCUT2D eigenvalue weighted by atomic mass is 10.1. The second-order valence-corrected chi connectivity index (χ2v) is 6.49. The summed E-state index contributed by atoms with van der Waals surface area (Å²) in [5.41, 5.74) is 6.20. The number of rotatable bonds is 2. The van der Waals surface area contributed by atoms with E-state index in [1.807, 2.05) is 55.5 Å². The third-order valence-corrected chi connectivity index (χ3v) is 4.61. The lowest BCUT2D eigenvalue weighted by Crippen LogP contribution is -2.01. The van der Waals surface area contributed by atoms with Crippen molar-refractivity contribution in [2.24, 2.45) is 0 Å². The summed E-state index contributed by atoms with van der Waals surface area (Å²) in [6.45, 7) is 5.97. The highest BCUT2D eigenvalue weighted by atomic mass is 35.5. The molecule has 5 nitrogen and oxygen atoms in total. The van der Waals surface area contributed by atoms with Crippen molar-refractivity contribution >= 4 is 28.3 Å². The van der Waals surface area contributed by atoms with Crippen molar-refractivity contribution in [2.45, 2.75) is 20.8 Å². The van der Waals surface area contributed by atoms with Crippen molar-refractivity contribution in [3.05, 3.63) is 52.3 Å². The van der Waals surface area contributed by atoms with Crippen LogP contribution < -0.4 is 4.74 Å². The van der Waals surface area contributed by atoms with E-state index in [2.05, 4.69) is 9.97 Å². The number of imidazole rings is 1. The van der Waals surface area contributed by atoms with Crippen LogP contribution in [0.2, 0.25) is 5.02 Å². The average molecular weight is 353 g/mol. The summed E-state index contributed by atoms with van der Waals surface area (Å²) in [7, 11) is 1.60. The van der Waals surface area contributed by atoms with Crippen LogP contribution in [0.4, 0.5) is 0 Å². The summed E-state index contributed by atoms with van der Waals surface area (Å²) >= 11 is 6.51. The molecule has 4 aromatic rings. The predicted octanol–water partition coefficient (Wildman–Crippen LogP) is 4.53. The highest BCUT2D eigenvalue weighted by Crippen LogP contribution is 2.32. The van der Waals surface area contributed by atoms with Crippen molar-refractivity contribution < 1.29 is 4.74 Å². The van der Waals surface area contributed by atoms with Gasteiger partial charge in [0.1, 0.15) is 11.3 Å². The Balaban J connectivity index is 2.18. The highest BCUT2D eigenvalue weighted by molar-refractivity contribution is 6.33. The second kappa shape index (κ2) is 5.70. The van der Waals surface area contributed by atoms with Crippen LogP contribution in [0.3, 0.4) is 0 Å². The molecule has 3 aromatic heterocycles. The van der Waals surface area contributed by atoms with Gasteiger partial charge in [-0.05, 0) is 44.5 Å². The van der Waals surface area contributed by atoms with Gasteiger partial charge in [0.05, 0.1) is 29.0 Å². The predicted molar refractivity (Wildman–Crippen MR) is 99.5 cm³/mol. The fourth-order valence-electron chi connectivity index (χ4n) is 3.16. The van der Waals surface area contributed by atoms with E-state index >= 15 is 0 Å². The number of methoxy groups -OCH3 is 1. The van der Waals surface area contributed by atoms with Crippen LogP contribution in [0.1, 0.15) is 17.0 Å². The van der Waals surface area contributed by atoms with Crippen LogP contribution >= 0.6 is 11.6 Å². The van der Waals surface area contributed by atoms with E-state index in [0.717, 1.165) is 39.4 Å². The van der Waals surface area contributed by atoms with Gasteiger partial charge in [-0.1, -0.05) is 17.7 Å². The first-order valence-electron chi connectivity index (χ1n) is 7.96. The topological polar surface area (TPSA) is 52.3 Å². The molecule has 0 atom stereocenters. The van der Waals surface area contributed by atoms with Gasteiger partial charge in [0, 0.05) is 11.6 Å². The van der Waals surface area contributed by atoms with E-state index in [-0.39, 0.29) is 0 Å². The minimum absolute atomic E-state index is 0.534. The van der Waals surface area contributed by atoms with Gasteiger partial charge >= 0.3 is 0 Å². The summed E-state index contributed by atoms with van der Waals surface area (Å²) in [5, 5.41) is 0.664. The first kappa shape index (κ1) is 15.8. The van der Waals surface area contributed by atoms with Gasteiger partial charge in [-0.25, -0.2) is 9.97 Å². The first-order valence-corrected chi connectivity index (χ1v) is 8.34. The molecule has 3 heterocycles. The third kappa shape index (κ3) is 2.43. The van der Waals surface area contributed by atoms with Crippen LogP contribution in [0, 0.1) is 20.8 Å². The zero-order valence-corrected chi connectivity index (χ0v) is 15.2. The number of benzene rings is 1. The molecule has 0 radical (unpaired) electrons. The largest absolute Gasteiger partial charge is 0.481 e. The Kier molecular flexibility index (Phi) is 3.62. The highest BCUT2D eigenvalue weighted by Gasteiger charge is 2.19. The Morgan fingerprint density at radius 1 is 0.960 bits per heavy atom. The maximum Gasteiger partial charge on any atom is 0.215 e. The molecule has 0 aliphatic heterocycles. The van der Waals surface area contributed by atoms with Crippen LogP contribution in [0.15, 0.2) is 30.3 Å². The van der Waals surface area contributed by atoms with Crippen LogP contribution in [0.5, 0.6) is 5.88 Å². The van der Waals surface area contributed by atoms with Gasteiger partial charge in [0.15, 0.2) is 5.65 Å². The number of ether oxygens (including phenoxy) is 1. The van der Waals surface area contributed by atoms with Gasteiger partial charge in [0.2, 0.25) is 5.88 Å². The Labute approximate surface area is 150 Å². The fourth-order valence-corrected chi connectivity index (χ4v) is 3.48. The summed E-state index contributed by atoms with van der Waals surface area (Å²) < 4.78 is 7.31. The standard InChI is InChI=1S/C19H17ClN4O/c1-10-5-6-13(14(20)9-10)18-22-12(3)17-11(2)21-15-7-8-16(25-4)23-19(15)24(17)18/h5-9H,1-4H3. The zero-order chi connectivity index (χ0) is 17.7. The molecule has 0 aliphatic rings. The number of pyridine rings is 1. The molecule has 0 saturated heterocycles. The molecule has 0 spiro atoms. The summed E-state index contributed by atoms with van der Waals surface area (Å²) in [5.74, 6) is 1.29. The molecule has 4 rings (SSSR count). The van der Waals surface area contributed by atoms with Crippen molar-refractivity contribution in [1.82, 2.24) is 19.4 Å². The molecule has 1 aromatic carbocycles. The fraction of sp³-hybridized carbons (Fsp3) is 0.211. The van der Waals surface area contributed by atoms with Crippen molar-refractivity contribution in [3.8, 4) is 17.3 Å². The van der Waals surface area contributed by atoms with E-state index < -0.39 is 0 Å². The SMILES string of the molecule is COc1ccc2nc(C)c3c(C)nc(-c4ccc(C)cc4Cl)n3c2n1. The first-order chi connectivity index (χ1) is 12.0. The summed E-state index contributed by atoms with van der Waals surface area (Å²) in [4.78, 5) is 14.1. The number of fused-ring (bicyclic) bond motifs is 3. The molecule has 0 aliphatic carbocycles. The normalized spacial score (nSPS) is 11.4. The maximum atomic E-state index is 6.51. The Hall–Kier alpha value is -2.66. The second-order valence-electron chi connectivity index (χ2n) is 6.08. The molecule has 25 heavy (non-hydrogen) atoms. The molecule has 6 heteroatoms. The maximum absolute atomic E-state index is 6.51. The lowest BCUT2D eigenvalue weighted by molar-refractivity contribution is 0.399. The molecule has 0 N–H and O–H groups in total. The monoisotopic (exact) mass is 352 g/mol. The summed E-state index contributed by atoms with van der Waals surface area (Å²) in [6, 6.07) is 9.68. The summed E-state index contributed by atoms with van der Waals surface area (Å²) in [6.07, 6.45) is 0. The van der Waals surface area contributed by atoms with Gasteiger partial charge in [-0.3, -0.25) is 4.40 Å². The quantitative estimate of drug-likeness (QED) is 0.531. The molecule has 0 bridgehead atoms. The molecule has 0 fully saturated rings. The molecule has 126 valence electrons. The van der Waals surface area contributed by atoms with Crippen LogP contribution in [0.25, 0.3) is 28.1 Å². The van der Waals surface area contributed by atoms with E-state index in [4.69, 9.17) is 21.3 Å². The van der Waals surface area contributed by atoms with E-state index in [1.165, 1.54) is 0 Å². The van der Waals surface area contributed by atoms with Gasteiger partial charge < -0.3 is 4.74 Å². The lowest BCUT2D eigenvalue weighted by Gasteiger charge is -2.10. The average Bonchev–Trinajstić information content (AvgIpc) is 2.93. The minimum Gasteiger partial charge on any atom is -0.481 e. The van der Waals surface area contributed by atoms with Crippen LogP contribution in [-0.2, 0) is 0 Å². The van der Waals surface area contributed by atoms with Crippen molar-refractivity contribution in [1.29, 1.82) is 0 Å². The molecular formula is C19H17ClN4O. The Morgan fingerprint density at radius 2 is 1.72 bits per heavy atom. The molecular weight excluding hydrogens is 336 g/mol. The molecule has 0 saturated carbocycles. The zero-order valence-electron chi connectivity index (χ0n) is 14.5. The van der Waals surface area contributed by atoms with E-state index in [0.29, 0.717) is 16.5 Å². The number of hydrogen-bond donors (Lipinski definition) is 0. The Morgan fingerprint density at radius 3 is 2.44 bits per heavy atom. The molecule has 0 unspecified atom stereocenters. The van der Waals surface area contributed by atoms with Crippen LogP contribution in [-0.4, -0.2) is 26.5 Å². The van der Waals surface area contributed by atoms with E-state index in [9.17, 15) is 0 Å². The van der Waals surface area contributed by atoms with Gasteiger partial charge in [-0.15, -0.1) is 0 Å². The number of hydrogen-bond acceptors (Lipinski definition) is 4. The molecule has 0 amide bonds. The minimum atomic E-state index is 0.534. The smallest absolute Gasteiger partial charge is 0.215 e. The third-order valence-electron chi connectivity index (χ3n) is 4.30. The van der Waals surface area contributed by atoms with E-state index in [1.54, 1.807) is 7.11 Å². The number of aryl methyl sites for hydroxylation is 3. The number of halogens is 1. The van der Waals surface area contributed by atoms with Gasteiger partial charge in [-0.2, -0.15) is 4.98 Å².